The van der Waals surface area contributed by atoms with E-state index >= 15 is 0 Å². The average Bonchev–Trinajstić information content (AvgIpc) is 2.80. The normalized spacial score (nSPS) is 44.3. The van der Waals surface area contributed by atoms with Crippen LogP contribution in [-0.2, 0) is 10.2 Å². The van der Waals surface area contributed by atoms with Gasteiger partial charge in [0.25, 0.3) is 0 Å². The monoisotopic (exact) mass is 476 g/mol. The highest BCUT2D eigenvalue weighted by molar-refractivity contribution is 6.14. The van der Waals surface area contributed by atoms with Gasteiger partial charge in [-0.25, -0.2) is 0 Å². The Labute approximate surface area is 211 Å². The Morgan fingerprint density at radius 3 is 2.34 bits per heavy atom. The lowest BCUT2D eigenvalue weighted by atomic mass is 9.33. The van der Waals surface area contributed by atoms with Gasteiger partial charge >= 0.3 is 5.97 Å². The number of hydrogen-bond donors (Lipinski definition) is 3. The molecule has 3 saturated carbocycles. The van der Waals surface area contributed by atoms with Crippen molar-refractivity contribution >= 4 is 13.8 Å². The van der Waals surface area contributed by atoms with Crippen LogP contribution in [0.4, 0.5) is 0 Å². The van der Waals surface area contributed by atoms with Crippen LogP contribution in [0.25, 0.3) is 0 Å². The first-order valence-electron chi connectivity index (χ1n) is 13.5. The third kappa shape index (κ3) is 2.90. The molecule has 0 amide bonds. The maximum Gasteiger partial charge on any atom is 0.309 e. The van der Waals surface area contributed by atoms with E-state index < -0.39 is 11.4 Å². The topological polar surface area (TPSA) is 77.8 Å². The molecule has 0 saturated heterocycles. The molecule has 4 aliphatic rings. The summed E-state index contributed by atoms with van der Waals surface area (Å²) >= 11 is 0. The van der Waals surface area contributed by atoms with Crippen molar-refractivity contribution in [3.8, 4) is 11.5 Å². The van der Waals surface area contributed by atoms with E-state index in [4.69, 9.17) is 7.85 Å². The molecule has 3 fully saturated rings. The lowest BCUT2D eigenvalue weighted by Gasteiger charge is -2.71. The minimum absolute atomic E-state index is 0.00764. The van der Waals surface area contributed by atoms with Crippen LogP contribution in [-0.4, -0.2) is 29.1 Å². The lowest BCUT2D eigenvalue weighted by Crippen LogP contribution is -2.63. The third-order valence-electron chi connectivity index (χ3n) is 12.0. The minimum atomic E-state index is -0.671. The molecule has 4 nitrogen and oxygen atoms in total. The first kappa shape index (κ1) is 24.8. The number of hydrogen-bond acceptors (Lipinski definition) is 3. The molecular weight excluding hydrogens is 435 g/mol. The van der Waals surface area contributed by atoms with E-state index in [1.165, 1.54) is 5.57 Å². The Balaban J connectivity index is 1.69. The van der Waals surface area contributed by atoms with Crippen molar-refractivity contribution < 1.29 is 20.1 Å². The molecule has 0 aromatic heterocycles. The maximum atomic E-state index is 12.4. The molecule has 0 bridgehead atoms. The molecule has 2 radical (unpaired) electrons. The van der Waals surface area contributed by atoms with Gasteiger partial charge in [0.1, 0.15) is 0 Å². The maximum absolute atomic E-state index is 12.4. The highest BCUT2D eigenvalue weighted by Gasteiger charge is 2.68. The molecule has 5 rings (SSSR count). The molecule has 3 N–H and O–H groups in total. The van der Waals surface area contributed by atoms with Crippen LogP contribution in [0.15, 0.2) is 17.7 Å². The summed E-state index contributed by atoms with van der Waals surface area (Å²) in [5.74, 6) is -0.806. The van der Waals surface area contributed by atoms with Crippen LogP contribution < -0.4 is 0 Å². The summed E-state index contributed by atoms with van der Waals surface area (Å²) in [5, 5.41) is 31.2. The van der Waals surface area contributed by atoms with E-state index in [0.29, 0.717) is 11.5 Å². The quantitative estimate of drug-likeness (QED) is 0.252. The van der Waals surface area contributed by atoms with Crippen molar-refractivity contribution in [1.29, 1.82) is 0 Å². The highest BCUT2D eigenvalue weighted by Crippen LogP contribution is 2.76. The minimum Gasteiger partial charge on any atom is -0.504 e. The van der Waals surface area contributed by atoms with Gasteiger partial charge in [-0.3, -0.25) is 4.79 Å². The van der Waals surface area contributed by atoms with E-state index in [1.54, 1.807) is 6.07 Å². The molecule has 35 heavy (non-hydrogen) atoms. The zero-order chi connectivity index (χ0) is 25.8. The lowest BCUT2D eigenvalue weighted by molar-refractivity contribution is -0.183. The van der Waals surface area contributed by atoms with Crippen LogP contribution >= 0.6 is 0 Å². The Morgan fingerprint density at radius 2 is 1.71 bits per heavy atom. The first-order chi connectivity index (χ1) is 16.2. The fourth-order valence-electron chi connectivity index (χ4n) is 9.54. The fourth-order valence-corrected chi connectivity index (χ4v) is 9.54. The fraction of sp³-hybridized carbons (Fsp3) is 0.700. The third-order valence-corrected chi connectivity index (χ3v) is 12.0. The number of aromatic hydroxyl groups is 2. The number of fused-ring (bicyclic) bond motifs is 7. The van der Waals surface area contributed by atoms with Crippen molar-refractivity contribution in [1.82, 2.24) is 0 Å². The number of benzene rings is 1. The van der Waals surface area contributed by atoms with E-state index in [9.17, 15) is 20.1 Å². The molecule has 4 aliphatic carbocycles. The molecule has 0 aliphatic heterocycles. The zero-order valence-corrected chi connectivity index (χ0v) is 22.3. The summed E-state index contributed by atoms with van der Waals surface area (Å²) < 4.78 is 0. The van der Waals surface area contributed by atoms with Crippen molar-refractivity contribution in [2.24, 2.45) is 27.6 Å². The van der Waals surface area contributed by atoms with Crippen molar-refractivity contribution in [3.63, 3.8) is 0 Å². The molecular formula is C30H41BO4. The Morgan fingerprint density at radius 1 is 1.06 bits per heavy atom. The van der Waals surface area contributed by atoms with Gasteiger partial charge in [-0.15, -0.1) is 0 Å². The molecule has 0 heterocycles. The number of carboxylic acids is 1. The first-order valence-corrected chi connectivity index (χ1v) is 13.5. The zero-order valence-electron chi connectivity index (χ0n) is 22.3. The second-order valence-electron chi connectivity index (χ2n) is 13.4. The van der Waals surface area contributed by atoms with E-state index in [-0.39, 0.29) is 39.0 Å². The molecule has 1 aromatic rings. The van der Waals surface area contributed by atoms with Crippen LogP contribution in [0.5, 0.6) is 11.5 Å². The van der Waals surface area contributed by atoms with Crippen LogP contribution in [0, 0.1) is 34.5 Å². The molecule has 188 valence electrons. The number of aliphatic carboxylic acids is 1. The van der Waals surface area contributed by atoms with Crippen LogP contribution in [0.3, 0.4) is 0 Å². The summed E-state index contributed by atoms with van der Waals surface area (Å²) in [4.78, 5) is 12.4. The van der Waals surface area contributed by atoms with Crippen molar-refractivity contribution in [2.45, 2.75) is 104 Å². The summed E-state index contributed by atoms with van der Waals surface area (Å²) in [7, 11) is 6.79. The smallest absolute Gasteiger partial charge is 0.309 e. The van der Waals surface area contributed by atoms with Crippen molar-refractivity contribution in [2.75, 3.05) is 0 Å². The Bertz CT molecular complexity index is 1140. The largest absolute Gasteiger partial charge is 0.504 e. The van der Waals surface area contributed by atoms with Gasteiger partial charge in [-0.05, 0) is 116 Å². The van der Waals surface area contributed by atoms with Crippen LogP contribution in [0.2, 0.25) is 0 Å². The number of carbonyl (C=O) groups is 1. The second kappa shape index (κ2) is 7.32. The molecule has 1 aromatic carbocycles. The Kier molecular flexibility index (Phi) is 5.18. The Hall–Kier alpha value is -1.91. The summed E-state index contributed by atoms with van der Waals surface area (Å²) in [5.41, 5.74) is 3.15. The van der Waals surface area contributed by atoms with Gasteiger partial charge < -0.3 is 15.3 Å². The summed E-state index contributed by atoms with van der Waals surface area (Å²) in [6.07, 6.45) is 9.89. The number of rotatable bonds is 2. The van der Waals surface area contributed by atoms with Gasteiger partial charge in [-0.1, -0.05) is 39.3 Å². The van der Waals surface area contributed by atoms with E-state index in [0.717, 1.165) is 62.5 Å². The van der Waals surface area contributed by atoms with Gasteiger partial charge in [0.15, 0.2) is 11.5 Å². The SMILES string of the molecule is [B]C1C=C2[C@@](C)(CC[C@@]3(CC)[C@@H]4C[C@](C)(C(=O)O)CC[C@]4(C)CC[C@]23C)c2cc(O)c(O)c(C)c21. The van der Waals surface area contributed by atoms with Gasteiger partial charge in [-0.2, -0.15) is 0 Å². The highest BCUT2D eigenvalue weighted by atomic mass is 16.4. The van der Waals surface area contributed by atoms with Gasteiger partial charge in [0, 0.05) is 5.41 Å². The summed E-state index contributed by atoms with van der Waals surface area (Å²) in [6, 6.07) is 1.75. The number of carboxylic acid groups (broad SMARTS) is 1. The predicted octanol–water partition coefficient (Wildman–Crippen LogP) is 6.70. The summed E-state index contributed by atoms with van der Waals surface area (Å²) in [6.45, 7) is 13.3. The number of allylic oxidation sites excluding steroid dienone is 2. The molecule has 7 atom stereocenters. The van der Waals surface area contributed by atoms with Gasteiger partial charge in [0.05, 0.1) is 13.3 Å². The van der Waals surface area contributed by atoms with Crippen LogP contribution in [0.1, 0.15) is 108 Å². The predicted molar refractivity (Wildman–Crippen MR) is 139 cm³/mol. The van der Waals surface area contributed by atoms with Crippen molar-refractivity contribution in [3.05, 3.63) is 34.4 Å². The number of phenolic OH excluding ortho intramolecular Hbond substituents is 2. The average molecular weight is 476 g/mol. The number of phenols is 2. The second-order valence-corrected chi connectivity index (χ2v) is 13.4. The molecule has 1 unspecified atom stereocenters. The van der Waals surface area contributed by atoms with Gasteiger partial charge in [0.2, 0.25) is 0 Å². The standard InChI is InChI=1S/C30H41BO4/c1-7-30-13-11-28(5)18-14-20(32)24(33)17(2)23(18)19(31)15-21(28)29(30,6)12-10-26(3)8-9-27(4,25(34)35)16-22(26)30/h14-15,19,22,32-33H,7-13,16H2,1-6H3,(H,34,35)/t19?,22-,26-,27-,28+,29-,30+/m1/s1. The van der Waals surface area contributed by atoms with E-state index in [1.807, 2.05) is 13.8 Å². The van der Waals surface area contributed by atoms with E-state index in [2.05, 4.69) is 33.8 Å². The molecule has 5 heteroatoms. The molecule has 0 spiro atoms.